The molecular weight excluding hydrogens is 259 g/mol. The summed E-state index contributed by atoms with van der Waals surface area (Å²) in [4.78, 5) is 17.9. The topological polar surface area (TPSA) is 53.4 Å². The highest BCUT2D eigenvalue weighted by atomic mass is 19.1. The van der Waals surface area contributed by atoms with Gasteiger partial charge >= 0.3 is 0 Å². The van der Waals surface area contributed by atoms with Gasteiger partial charge in [-0.05, 0) is 37.3 Å². The normalized spacial score (nSPS) is 10.3. The van der Waals surface area contributed by atoms with Crippen LogP contribution in [0.2, 0.25) is 0 Å². The van der Waals surface area contributed by atoms with Crippen molar-refractivity contribution >= 4 is 5.91 Å². The average Bonchev–Trinajstić information content (AvgIpc) is 2.40. The lowest BCUT2D eigenvalue weighted by atomic mass is 10.1. The Morgan fingerprint density at radius 2 is 2.10 bits per heavy atom. The first-order valence-corrected chi connectivity index (χ1v) is 6.14. The maximum Gasteiger partial charge on any atom is 0.257 e. The van der Waals surface area contributed by atoms with Gasteiger partial charge in [-0.15, -0.1) is 0 Å². The smallest absolute Gasteiger partial charge is 0.257 e. The second-order valence-corrected chi connectivity index (χ2v) is 4.59. The van der Waals surface area contributed by atoms with Crippen LogP contribution in [0.3, 0.4) is 0 Å². The molecule has 1 aromatic carbocycles. The highest BCUT2D eigenvalue weighted by Crippen LogP contribution is 2.20. The summed E-state index contributed by atoms with van der Waals surface area (Å²) in [5, 5.41) is 9.63. The Morgan fingerprint density at radius 1 is 1.35 bits per heavy atom. The number of aromatic hydroxyl groups is 1. The molecule has 2 aromatic rings. The van der Waals surface area contributed by atoms with Gasteiger partial charge in [-0.25, -0.2) is 4.39 Å². The predicted molar refractivity (Wildman–Crippen MR) is 72.8 cm³/mol. The molecule has 0 aliphatic rings. The molecule has 0 bridgehead atoms. The van der Waals surface area contributed by atoms with Gasteiger partial charge in [0.15, 0.2) is 0 Å². The fourth-order valence-electron chi connectivity index (χ4n) is 1.89. The molecule has 1 amide bonds. The lowest BCUT2D eigenvalue weighted by Gasteiger charge is -2.17. The van der Waals surface area contributed by atoms with E-state index in [0.717, 1.165) is 23.5 Å². The zero-order valence-corrected chi connectivity index (χ0v) is 11.3. The first-order chi connectivity index (χ1) is 9.47. The summed E-state index contributed by atoms with van der Waals surface area (Å²) < 4.78 is 13.2. The molecule has 20 heavy (non-hydrogen) atoms. The number of hydrogen-bond donors (Lipinski definition) is 1. The molecule has 0 spiro atoms. The van der Waals surface area contributed by atoms with E-state index in [0.29, 0.717) is 0 Å². The van der Waals surface area contributed by atoms with E-state index < -0.39 is 11.7 Å². The molecular formula is C15H15FN2O2. The minimum Gasteiger partial charge on any atom is -0.507 e. The van der Waals surface area contributed by atoms with E-state index in [-0.39, 0.29) is 17.9 Å². The molecule has 0 saturated heterocycles. The highest BCUT2D eigenvalue weighted by molar-refractivity contribution is 5.96. The van der Waals surface area contributed by atoms with E-state index >= 15 is 0 Å². The van der Waals surface area contributed by atoms with Gasteiger partial charge < -0.3 is 10.0 Å². The van der Waals surface area contributed by atoms with Crippen molar-refractivity contribution in [3.8, 4) is 5.75 Å². The molecule has 5 heteroatoms. The SMILES string of the molecule is Cc1cccc(CN(C)C(=O)c2cc(F)ccc2O)n1. The molecule has 2 rings (SSSR count). The zero-order chi connectivity index (χ0) is 14.7. The van der Waals surface area contributed by atoms with Crippen molar-refractivity contribution < 1.29 is 14.3 Å². The third-order valence-corrected chi connectivity index (χ3v) is 2.88. The number of aromatic nitrogens is 1. The maximum atomic E-state index is 13.2. The standard InChI is InChI=1S/C15H15FN2O2/c1-10-4-3-5-12(17-10)9-18(2)15(20)13-8-11(16)6-7-14(13)19/h3-8,19H,9H2,1-2H3. The summed E-state index contributed by atoms with van der Waals surface area (Å²) in [5.41, 5.74) is 1.54. The van der Waals surface area contributed by atoms with E-state index in [9.17, 15) is 14.3 Å². The van der Waals surface area contributed by atoms with Gasteiger partial charge in [0.25, 0.3) is 5.91 Å². The molecule has 4 nitrogen and oxygen atoms in total. The molecule has 0 fully saturated rings. The highest BCUT2D eigenvalue weighted by Gasteiger charge is 2.17. The van der Waals surface area contributed by atoms with Crippen LogP contribution in [0.25, 0.3) is 0 Å². The molecule has 0 atom stereocenters. The van der Waals surface area contributed by atoms with Crippen LogP contribution in [0.15, 0.2) is 36.4 Å². The van der Waals surface area contributed by atoms with Crippen LogP contribution < -0.4 is 0 Å². The second-order valence-electron chi connectivity index (χ2n) is 4.59. The Hall–Kier alpha value is -2.43. The molecule has 0 aliphatic carbocycles. The monoisotopic (exact) mass is 274 g/mol. The van der Waals surface area contributed by atoms with Crippen molar-refractivity contribution in [2.75, 3.05) is 7.05 Å². The van der Waals surface area contributed by atoms with Crippen LogP contribution in [0.4, 0.5) is 4.39 Å². The van der Waals surface area contributed by atoms with E-state index in [1.807, 2.05) is 25.1 Å². The van der Waals surface area contributed by atoms with E-state index in [4.69, 9.17) is 0 Å². The Balaban J connectivity index is 2.18. The van der Waals surface area contributed by atoms with Crippen LogP contribution >= 0.6 is 0 Å². The molecule has 104 valence electrons. The van der Waals surface area contributed by atoms with Gasteiger partial charge in [-0.2, -0.15) is 0 Å². The molecule has 0 saturated carbocycles. The third kappa shape index (κ3) is 3.12. The number of hydrogen-bond acceptors (Lipinski definition) is 3. The minimum atomic E-state index is -0.562. The van der Waals surface area contributed by atoms with Crippen LogP contribution in [-0.4, -0.2) is 27.9 Å². The van der Waals surface area contributed by atoms with Crippen LogP contribution in [0.5, 0.6) is 5.75 Å². The summed E-state index contributed by atoms with van der Waals surface area (Å²) in [6.07, 6.45) is 0. The van der Waals surface area contributed by atoms with Crippen LogP contribution in [0, 0.1) is 12.7 Å². The number of pyridine rings is 1. The summed E-state index contributed by atoms with van der Waals surface area (Å²) in [6, 6.07) is 8.83. The number of carbonyl (C=O) groups is 1. The summed E-state index contributed by atoms with van der Waals surface area (Å²) in [7, 11) is 1.58. The van der Waals surface area contributed by atoms with Crippen LogP contribution in [-0.2, 0) is 6.54 Å². The lowest BCUT2D eigenvalue weighted by Crippen LogP contribution is -2.26. The fraction of sp³-hybridized carbons (Fsp3) is 0.200. The Morgan fingerprint density at radius 3 is 2.80 bits per heavy atom. The Bertz CT molecular complexity index is 644. The van der Waals surface area contributed by atoms with Gasteiger partial charge in [-0.1, -0.05) is 6.07 Å². The number of carbonyl (C=O) groups excluding carboxylic acids is 1. The fourth-order valence-corrected chi connectivity index (χ4v) is 1.89. The van der Waals surface area contributed by atoms with Gasteiger partial charge in [0.1, 0.15) is 11.6 Å². The summed E-state index contributed by atoms with van der Waals surface area (Å²) in [6.45, 7) is 2.15. The van der Waals surface area contributed by atoms with Crippen molar-refractivity contribution in [1.29, 1.82) is 0 Å². The maximum absolute atomic E-state index is 13.2. The van der Waals surface area contributed by atoms with E-state index in [2.05, 4.69) is 4.98 Å². The number of phenolic OH excluding ortho intramolecular Hbond substituents is 1. The van der Waals surface area contributed by atoms with Crippen molar-refractivity contribution in [3.63, 3.8) is 0 Å². The second kappa shape index (κ2) is 5.69. The van der Waals surface area contributed by atoms with Crippen LogP contribution in [0.1, 0.15) is 21.7 Å². The number of nitrogens with zero attached hydrogens (tertiary/aromatic N) is 2. The van der Waals surface area contributed by atoms with Crippen molar-refractivity contribution in [2.45, 2.75) is 13.5 Å². The molecule has 1 N–H and O–H groups in total. The van der Waals surface area contributed by atoms with Crippen molar-refractivity contribution in [2.24, 2.45) is 0 Å². The molecule has 0 aliphatic heterocycles. The quantitative estimate of drug-likeness (QED) is 0.935. The van der Waals surface area contributed by atoms with Crippen molar-refractivity contribution in [1.82, 2.24) is 9.88 Å². The Kier molecular flexibility index (Phi) is 3.98. The number of amides is 1. The van der Waals surface area contributed by atoms with Gasteiger partial charge in [0.05, 0.1) is 17.8 Å². The predicted octanol–water partition coefficient (Wildman–Crippen LogP) is 2.51. The van der Waals surface area contributed by atoms with Gasteiger partial charge in [-0.3, -0.25) is 9.78 Å². The van der Waals surface area contributed by atoms with Gasteiger partial charge in [0, 0.05) is 12.7 Å². The number of halogens is 1. The van der Waals surface area contributed by atoms with Crippen molar-refractivity contribution in [3.05, 3.63) is 59.2 Å². The molecule has 0 unspecified atom stereocenters. The summed E-state index contributed by atoms with van der Waals surface area (Å²) >= 11 is 0. The number of phenols is 1. The minimum absolute atomic E-state index is 0.0554. The van der Waals surface area contributed by atoms with Gasteiger partial charge in [0.2, 0.25) is 0 Å². The third-order valence-electron chi connectivity index (χ3n) is 2.88. The van der Waals surface area contributed by atoms with E-state index in [1.165, 1.54) is 11.0 Å². The number of benzene rings is 1. The molecule has 1 aromatic heterocycles. The average molecular weight is 274 g/mol. The number of aryl methyl sites for hydroxylation is 1. The first kappa shape index (κ1) is 14.0. The number of rotatable bonds is 3. The zero-order valence-electron chi connectivity index (χ0n) is 11.3. The molecule has 1 heterocycles. The summed E-state index contributed by atoms with van der Waals surface area (Å²) in [5.74, 6) is -1.25. The largest absolute Gasteiger partial charge is 0.507 e. The Labute approximate surface area is 116 Å². The first-order valence-electron chi connectivity index (χ1n) is 6.14. The van der Waals surface area contributed by atoms with E-state index in [1.54, 1.807) is 7.05 Å². The molecule has 0 radical (unpaired) electrons. The lowest BCUT2D eigenvalue weighted by molar-refractivity contribution is 0.0779.